The molecule has 23 nitrogen and oxygen atoms in total. The van der Waals surface area contributed by atoms with E-state index in [1.54, 1.807) is 142 Å². The maximum absolute atomic E-state index is 13.7. The predicted octanol–water partition coefficient (Wildman–Crippen LogP) is 3.51. The SMILES string of the molecule is CC(C)(C)OC(=O)NCC(=O)N[C@@H](CCCN=C(NC(=O)OCc1ccccc1)NC(=O)OCc1ccccc1)C(=O)NCC(=O)N[C@@H](CC(=O)OCc1ccccc1)C(=O)N[C@@H](COCc1ccccc1)C(=O)O. The van der Waals surface area contributed by atoms with Crippen molar-refractivity contribution in [2.45, 2.75) is 90.2 Å². The average molecular weight is 1040 g/mol. The van der Waals surface area contributed by atoms with Gasteiger partial charge in [0.25, 0.3) is 0 Å². The van der Waals surface area contributed by atoms with Crippen LogP contribution in [0.5, 0.6) is 0 Å². The highest BCUT2D eigenvalue weighted by molar-refractivity contribution is 6.01. The molecule has 0 aromatic heterocycles. The lowest BCUT2D eigenvalue weighted by Crippen LogP contribution is -2.55. The zero-order valence-electron chi connectivity index (χ0n) is 41.7. The number of aliphatic imine (C=N–C) groups is 1. The minimum absolute atomic E-state index is 0.0117. The summed E-state index contributed by atoms with van der Waals surface area (Å²) >= 11 is 0. The quantitative estimate of drug-likeness (QED) is 0.0147. The normalized spacial score (nSPS) is 11.9. The first kappa shape index (κ1) is 58.7. The van der Waals surface area contributed by atoms with Crippen molar-refractivity contribution in [3.05, 3.63) is 144 Å². The summed E-state index contributed by atoms with van der Waals surface area (Å²) in [4.78, 5) is 121. The molecule has 0 spiro atoms. The van der Waals surface area contributed by atoms with Gasteiger partial charge in [-0.15, -0.1) is 0 Å². The number of alkyl carbamates (subject to hydrolysis) is 3. The van der Waals surface area contributed by atoms with Crippen molar-refractivity contribution in [1.29, 1.82) is 0 Å². The molecule has 0 aliphatic heterocycles. The van der Waals surface area contributed by atoms with Crippen LogP contribution in [0.4, 0.5) is 14.4 Å². The highest BCUT2D eigenvalue weighted by Crippen LogP contribution is 2.09. The Kier molecular flexibility index (Phi) is 24.7. The number of guanidine groups is 1. The van der Waals surface area contributed by atoms with Crippen LogP contribution in [0.15, 0.2) is 126 Å². The summed E-state index contributed by atoms with van der Waals surface area (Å²) in [7, 11) is 0. The molecule has 23 heteroatoms. The fourth-order valence-corrected chi connectivity index (χ4v) is 6.31. The average Bonchev–Trinajstić information content (AvgIpc) is 3.38. The van der Waals surface area contributed by atoms with Crippen molar-refractivity contribution < 1.29 is 71.9 Å². The molecule has 0 bridgehead atoms. The third-order valence-electron chi connectivity index (χ3n) is 9.93. The molecular weight excluding hydrogens is 977 g/mol. The Morgan fingerprint density at radius 3 is 1.47 bits per heavy atom. The molecule has 0 aliphatic rings. The minimum Gasteiger partial charge on any atom is -0.480 e. The van der Waals surface area contributed by atoms with Crippen LogP contribution in [0.3, 0.4) is 0 Å². The number of carbonyl (C=O) groups excluding carboxylic acids is 8. The lowest BCUT2D eigenvalue weighted by molar-refractivity contribution is -0.148. The van der Waals surface area contributed by atoms with E-state index in [0.717, 1.165) is 5.56 Å². The van der Waals surface area contributed by atoms with Gasteiger partial charge in [-0.3, -0.25) is 39.6 Å². The van der Waals surface area contributed by atoms with E-state index in [1.807, 2.05) is 0 Å². The molecular formula is C52H62N8O15. The van der Waals surface area contributed by atoms with Crippen LogP contribution in [-0.4, -0.2) is 115 Å². The zero-order valence-corrected chi connectivity index (χ0v) is 41.7. The molecule has 3 atom stereocenters. The number of benzene rings is 4. The number of aliphatic carboxylic acids is 1. The minimum atomic E-state index is -1.71. The van der Waals surface area contributed by atoms with Crippen LogP contribution in [0.25, 0.3) is 0 Å². The van der Waals surface area contributed by atoms with Gasteiger partial charge in [-0.1, -0.05) is 121 Å². The Morgan fingerprint density at radius 1 is 0.533 bits per heavy atom. The maximum Gasteiger partial charge on any atom is 0.414 e. The zero-order chi connectivity index (χ0) is 54.4. The number of esters is 1. The third-order valence-corrected chi connectivity index (χ3v) is 9.93. The summed E-state index contributed by atoms with van der Waals surface area (Å²) in [6, 6.07) is 30.3. The van der Waals surface area contributed by atoms with Crippen molar-refractivity contribution in [1.82, 2.24) is 37.2 Å². The Bertz CT molecular complexity index is 2470. The van der Waals surface area contributed by atoms with Crippen molar-refractivity contribution in [2.24, 2.45) is 4.99 Å². The number of carbonyl (C=O) groups is 9. The van der Waals surface area contributed by atoms with Gasteiger partial charge < -0.3 is 55.4 Å². The number of rotatable bonds is 26. The Labute approximate surface area is 432 Å². The van der Waals surface area contributed by atoms with E-state index in [1.165, 1.54) is 0 Å². The van der Waals surface area contributed by atoms with Gasteiger partial charge in [-0.05, 0) is 55.9 Å². The Morgan fingerprint density at radius 2 is 0.987 bits per heavy atom. The standard InChI is InChI=1S/C52H62N8O15/c1-52(2,3)75-49(68)55-29-43(62)56-39(25-16-26-53-48(59-50(69)73-32-37-21-12-6-13-22-37)60-51(70)74-33-38-23-14-7-15-24-38)45(64)54-28-42(61)57-40(27-44(63)72-31-36-19-10-5-11-20-36)46(65)58-41(47(66)67)34-71-30-35-17-8-4-9-18-35/h4-15,17-24,39-41H,16,25-34H2,1-3H3,(H,54,64)(H,55,68)(H,56,62)(H,57,61)(H,58,65)(H,66,67)(H2,53,59,60,69,70)/t39-,40-,41-/m0/s1. The number of hydrogen-bond acceptors (Lipinski definition) is 15. The number of hydrogen-bond donors (Lipinski definition) is 8. The van der Waals surface area contributed by atoms with E-state index >= 15 is 0 Å². The van der Waals surface area contributed by atoms with Crippen molar-refractivity contribution >= 4 is 59.8 Å². The summed E-state index contributed by atoms with van der Waals surface area (Å²) in [5.41, 5.74) is 1.84. The van der Waals surface area contributed by atoms with Gasteiger partial charge in [0.2, 0.25) is 29.6 Å². The Balaban J connectivity index is 1.45. The summed E-state index contributed by atoms with van der Waals surface area (Å²) in [5.74, 6) is -6.61. The van der Waals surface area contributed by atoms with E-state index in [-0.39, 0.29) is 51.8 Å². The first-order valence-electron chi connectivity index (χ1n) is 23.6. The molecule has 4 rings (SSSR count). The molecule has 0 saturated heterocycles. The molecule has 0 fully saturated rings. The molecule has 4 aromatic rings. The highest BCUT2D eigenvalue weighted by atomic mass is 16.6. The number of amides is 7. The van der Waals surface area contributed by atoms with Gasteiger partial charge in [0.05, 0.1) is 26.2 Å². The Hall–Kier alpha value is -8.86. The molecule has 75 heavy (non-hydrogen) atoms. The monoisotopic (exact) mass is 1040 g/mol. The number of nitrogens with zero attached hydrogens (tertiary/aromatic N) is 1. The second-order valence-corrected chi connectivity index (χ2v) is 17.3. The molecule has 0 radical (unpaired) electrons. The molecule has 0 unspecified atom stereocenters. The summed E-state index contributed by atoms with van der Waals surface area (Å²) < 4.78 is 26.6. The van der Waals surface area contributed by atoms with Gasteiger partial charge in [-0.25, -0.2) is 19.2 Å². The first-order valence-corrected chi connectivity index (χ1v) is 23.6. The van der Waals surface area contributed by atoms with E-state index in [4.69, 9.17) is 23.7 Å². The third kappa shape index (κ3) is 24.9. The van der Waals surface area contributed by atoms with Gasteiger partial charge >= 0.3 is 30.2 Å². The maximum atomic E-state index is 13.7. The summed E-state index contributed by atoms with van der Waals surface area (Å²) in [6.45, 7) is 2.37. The lowest BCUT2D eigenvalue weighted by atomic mass is 10.1. The molecule has 0 aliphatic carbocycles. The number of carboxylic acid groups (broad SMARTS) is 1. The summed E-state index contributed by atoms with van der Waals surface area (Å²) in [6.07, 6.45) is -3.80. The fourth-order valence-electron chi connectivity index (χ4n) is 6.31. The van der Waals surface area contributed by atoms with Crippen molar-refractivity contribution in [3.8, 4) is 0 Å². The second-order valence-electron chi connectivity index (χ2n) is 17.3. The largest absolute Gasteiger partial charge is 0.480 e. The van der Waals surface area contributed by atoms with Crippen molar-refractivity contribution in [2.75, 3.05) is 26.2 Å². The van der Waals surface area contributed by atoms with Crippen LogP contribution in [0.2, 0.25) is 0 Å². The van der Waals surface area contributed by atoms with Gasteiger partial charge in [0.1, 0.15) is 44.1 Å². The van der Waals surface area contributed by atoms with E-state index < -0.39 is 104 Å². The van der Waals surface area contributed by atoms with Crippen molar-refractivity contribution in [3.63, 3.8) is 0 Å². The number of nitrogens with one attached hydrogen (secondary N) is 7. The molecule has 400 valence electrons. The molecule has 4 aromatic carbocycles. The van der Waals surface area contributed by atoms with Crippen LogP contribution in [-0.2, 0) is 78.9 Å². The molecule has 0 saturated carbocycles. The lowest BCUT2D eigenvalue weighted by Gasteiger charge is -2.22. The van der Waals surface area contributed by atoms with E-state index in [2.05, 4.69) is 42.2 Å². The highest BCUT2D eigenvalue weighted by Gasteiger charge is 2.30. The molecule has 8 N–H and O–H groups in total. The number of carboxylic acids is 1. The van der Waals surface area contributed by atoms with Crippen LogP contribution in [0.1, 0.15) is 62.3 Å². The van der Waals surface area contributed by atoms with Gasteiger partial charge in [-0.2, -0.15) is 0 Å². The van der Waals surface area contributed by atoms with Crippen LogP contribution < -0.4 is 37.2 Å². The topological polar surface area (TPSA) is 317 Å². The van der Waals surface area contributed by atoms with E-state index in [9.17, 15) is 48.3 Å². The van der Waals surface area contributed by atoms with Gasteiger partial charge in [0.15, 0.2) is 6.04 Å². The molecule has 7 amide bonds. The number of ether oxygens (including phenoxy) is 5. The van der Waals surface area contributed by atoms with Crippen LogP contribution >= 0.6 is 0 Å². The fraction of sp³-hybridized carbons (Fsp3) is 0.346. The van der Waals surface area contributed by atoms with E-state index in [0.29, 0.717) is 16.7 Å². The first-order chi connectivity index (χ1) is 35.9. The smallest absolute Gasteiger partial charge is 0.414 e. The van der Waals surface area contributed by atoms with Crippen LogP contribution in [0, 0.1) is 0 Å². The predicted molar refractivity (Wildman–Crippen MR) is 269 cm³/mol. The van der Waals surface area contributed by atoms with Gasteiger partial charge in [0, 0.05) is 6.54 Å². The summed E-state index contributed by atoms with van der Waals surface area (Å²) in [5, 5.41) is 26.3. The second kappa shape index (κ2) is 31.6. The molecule has 0 heterocycles.